The molecule has 0 aliphatic rings. The van der Waals surface area contributed by atoms with E-state index < -0.39 is 12.1 Å². The molecule has 0 spiro atoms. The summed E-state index contributed by atoms with van der Waals surface area (Å²) < 4.78 is 15.9. The second kappa shape index (κ2) is 7.46. The van der Waals surface area contributed by atoms with Gasteiger partial charge in [0.1, 0.15) is 0 Å². The maximum atomic E-state index is 11.6. The SMILES string of the molecule is C=CCc1cccc(OC)c1OC(C)C(=O)OCC. The summed E-state index contributed by atoms with van der Waals surface area (Å²) in [5, 5.41) is 0. The molecule has 0 saturated heterocycles. The smallest absolute Gasteiger partial charge is 0.347 e. The zero-order chi connectivity index (χ0) is 14.3. The van der Waals surface area contributed by atoms with Gasteiger partial charge in [-0.15, -0.1) is 6.58 Å². The van der Waals surface area contributed by atoms with Crippen LogP contribution in [-0.4, -0.2) is 25.8 Å². The lowest BCUT2D eigenvalue weighted by Crippen LogP contribution is -2.26. The van der Waals surface area contributed by atoms with Crippen LogP contribution in [0.4, 0.5) is 0 Å². The van der Waals surface area contributed by atoms with Gasteiger partial charge in [0.15, 0.2) is 17.6 Å². The minimum absolute atomic E-state index is 0.331. The highest BCUT2D eigenvalue weighted by molar-refractivity contribution is 5.74. The first kappa shape index (κ1) is 15.1. The lowest BCUT2D eigenvalue weighted by Gasteiger charge is -2.18. The highest BCUT2D eigenvalue weighted by atomic mass is 16.6. The van der Waals surface area contributed by atoms with Crippen LogP contribution in [0.2, 0.25) is 0 Å². The molecule has 0 aliphatic heterocycles. The number of hydrogen-bond donors (Lipinski definition) is 0. The van der Waals surface area contributed by atoms with Crippen LogP contribution >= 0.6 is 0 Å². The van der Waals surface area contributed by atoms with E-state index in [1.165, 1.54) is 0 Å². The molecular formula is C15H20O4. The first-order valence-corrected chi connectivity index (χ1v) is 6.24. The largest absolute Gasteiger partial charge is 0.493 e. The zero-order valence-corrected chi connectivity index (χ0v) is 11.6. The van der Waals surface area contributed by atoms with Gasteiger partial charge >= 0.3 is 5.97 Å². The van der Waals surface area contributed by atoms with E-state index in [0.717, 1.165) is 5.56 Å². The highest BCUT2D eigenvalue weighted by Crippen LogP contribution is 2.32. The van der Waals surface area contributed by atoms with Crippen LogP contribution in [0.25, 0.3) is 0 Å². The van der Waals surface area contributed by atoms with Crippen LogP contribution in [0.3, 0.4) is 0 Å². The Morgan fingerprint density at radius 1 is 1.47 bits per heavy atom. The van der Waals surface area contributed by atoms with Gasteiger partial charge in [-0.2, -0.15) is 0 Å². The molecular weight excluding hydrogens is 244 g/mol. The minimum Gasteiger partial charge on any atom is -0.493 e. The molecule has 0 heterocycles. The molecule has 4 nitrogen and oxygen atoms in total. The predicted octanol–water partition coefficient (Wildman–Crippen LogP) is 2.75. The average Bonchev–Trinajstić information content (AvgIpc) is 2.41. The van der Waals surface area contributed by atoms with Gasteiger partial charge in [0.25, 0.3) is 0 Å². The molecule has 0 aliphatic carbocycles. The minimum atomic E-state index is -0.681. The Morgan fingerprint density at radius 2 is 2.21 bits per heavy atom. The monoisotopic (exact) mass is 264 g/mol. The summed E-state index contributed by atoms with van der Waals surface area (Å²) in [5.41, 5.74) is 0.922. The molecule has 1 unspecified atom stereocenters. The van der Waals surface area contributed by atoms with Crippen molar-refractivity contribution in [1.29, 1.82) is 0 Å². The van der Waals surface area contributed by atoms with Gasteiger partial charge in [-0.3, -0.25) is 0 Å². The van der Waals surface area contributed by atoms with Crippen molar-refractivity contribution < 1.29 is 19.0 Å². The molecule has 4 heteroatoms. The molecule has 1 rings (SSSR count). The standard InChI is InChI=1S/C15H20O4/c1-5-8-12-9-7-10-13(17-4)14(12)19-11(3)15(16)18-6-2/h5,7,9-11H,1,6,8H2,2-4H3. The van der Waals surface area contributed by atoms with Gasteiger partial charge in [0.05, 0.1) is 13.7 Å². The molecule has 0 radical (unpaired) electrons. The summed E-state index contributed by atoms with van der Waals surface area (Å²) in [7, 11) is 1.56. The van der Waals surface area contributed by atoms with Gasteiger partial charge in [0.2, 0.25) is 0 Å². The number of esters is 1. The van der Waals surface area contributed by atoms with Crippen molar-refractivity contribution in [3.8, 4) is 11.5 Å². The van der Waals surface area contributed by atoms with Crippen LogP contribution in [0.1, 0.15) is 19.4 Å². The first-order valence-electron chi connectivity index (χ1n) is 6.24. The maximum absolute atomic E-state index is 11.6. The number of methoxy groups -OCH3 is 1. The predicted molar refractivity (Wildman–Crippen MR) is 73.6 cm³/mol. The lowest BCUT2D eigenvalue weighted by atomic mass is 10.1. The van der Waals surface area contributed by atoms with Crippen molar-refractivity contribution in [2.75, 3.05) is 13.7 Å². The Balaban J connectivity index is 2.96. The summed E-state index contributed by atoms with van der Waals surface area (Å²) in [4.78, 5) is 11.6. The van der Waals surface area contributed by atoms with E-state index in [-0.39, 0.29) is 0 Å². The fourth-order valence-corrected chi connectivity index (χ4v) is 1.66. The van der Waals surface area contributed by atoms with Crippen LogP contribution in [0.5, 0.6) is 11.5 Å². The Bertz CT molecular complexity index is 440. The van der Waals surface area contributed by atoms with E-state index >= 15 is 0 Å². The van der Waals surface area contributed by atoms with Crippen molar-refractivity contribution in [1.82, 2.24) is 0 Å². The fraction of sp³-hybridized carbons (Fsp3) is 0.400. The Kier molecular flexibility index (Phi) is 5.93. The van der Waals surface area contributed by atoms with Crippen molar-refractivity contribution in [3.05, 3.63) is 36.4 Å². The van der Waals surface area contributed by atoms with E-state index in [1.807, 2.05) is 12.1 Å². The molecule has 19 heavy (non-hydrogen) atoms. The summed E-state index contributed by atoms with van der Waals surface area (Å²) >= 11 is 0. The maximum Gasteiger partial charge on any atom is 0.347 e. The quantitative estimate of drug-likeness (QED) is 0.561. The molecule has 0 aromatic heterocycles. The Hall–Kier alpha value is -1.97. The second-order valence-electron chi connectivity index (χ2n) is 3.95. The third-order valence-electron chi connectivity index (χ3n) is 2.56. The number of ether oxygens (including phenoxy) is 3. The molecule has 1 atom stereocenters. The van der Waals surface area contributed by atoms with Gasteiger partial charge in [0, 0.05) is 5.56 Å². The number of hydrogen-bond acceptors (Lipinski definition) is 4. The third kappa shape index (κ3) is 4.02. The van der Waals surface area contributed by atoms with Crippen LogP contribution in [0.15, 0.2) is 30.9 Å². The number of carbonyl (C=O) groups is 1. The first-order chi connectivity index (χ1) is 9.13. The summed E-state index contributed by atoms with van der Waals surface area (Å²) in [6, 6.07) is 5.58. The number of allylic oxidation sites excluding steroid dienone is 1. The summed E-state index contributed by atoms with van der Waals surface area (Å²) in [5.74, 6) is 0.763. The molecule has 104 valence electrons. The second-order valence-corrected chi connectivity index (χ2v) is 3.95. The van der Waals surface area contributed by atoms with Crippen LogP contribution in [0, 0.1) is 0 Å². The molecule has 0 fully saturated rings. The van der Waals surface area contributed by atoms with Crippen molar-refractivity contribution in [2.24, 2.45) is 0 Å². The topological polar surface area (TPSA) is 44.8 Å². The molecule has 0 bridgehead atoms. The molecule has 0 amide bonds. The zero-order valence-electron chi connectivity index (χ0n) is 11.6. The molecule has 1 aromatic rings. The Labute approximate surface area is 114 Å². The summed E-state index contributed by atoms with van der Waals surface area (Å²) in [6.45, 7) is 7.46. The van der Waals surface area contributed by atoms with E-state index in [9.17, 15) is 4.79 Å². The van der Waals surface area contributed by atoms with E-state index in [4.69, 9.17) is 14.2 Å². The normalized spacial score (nSPS) is 11.5. The number of benzene rings is 1. The van der Waals surface area contributed by atoms with Crippen LogP contribution in [-0.2, 0) is 16.0 Å². The lowest BCUT2D eigenvalue weighted by molar-refractivity contribution is -0.150. The van der Waals surface area contributed by atoms with Crippen molar-refractivity contribution >= 4 is 5.97 Å². The number of para-hydroxylation sites is 1. The third-order valence-corrected chi connectivity index (χ3v) is 2.56. The molecule has 0 N–H and O–H groups in total. The fourth-order valence-electron chi connectivity index (χ4n) is 1.66. The van der Waals surface area contributed by atoms with E-state index in [2.05, 4.69) is 6.58 Å². The average molecular weight is 264 g/mol. The molecule has 1 aromatic carbocycles. The van der Waals surface area contributed by atoms with Gasteiger partial charge in [-0.05, 0) is 26.3 Å². The number of rotatable bonds is 7. The van der Waals surface area contributed by atoms with Gasteiger partial charge in [-0.25, -0.2) is 4.79 Å². The summed E-state index contributed by atoms with van der Waals surface area (Å²) in [6.07, 6.45) is 1.73. The highest BCUT2D eigenvalue weighted by Gasteiger charge is 2.19. The van der Waals surface area contributed by atoms with Gasteiger partial charge in [-0.1, -0.05) is 18.2 Å². The molecule has 0 saturated carbocycles. The van der Waals surface area contributed by atoms with Crippen LogP contribution < -0.4 is 9.47 Å². The van der Waals surface area contributed by atoms with Crippen molar-refractivity contribution in [3.63, 3.8) is 0 Å². The van der Waals surface area contributed by atoms with Gasteiger partial charge < -0.3 is 14.2 Å². The Morgan fingerprint density at radius 3 is 2.79 bits per heavy atom. The van der Waals surface area contributed by atoms with Crippen molar-refractivity contribution in [2.45, 2.75) is 26.4 Å². The van der Waals surface area contributed by atoms with E-state index in [1.54, 1.807) is 33.1 Å². The number of carbonyl (C=O) groups excluding carboxylic acids is 1. The van der Waals surface area contributed by atoms with E-state index in [0.29, 0.717) is 24.5 Å².